The summed E-state index contributed by atoms with van der Waals surface area (Å²) in [4.78, 5) is 25.0. The van der Waals surface area contributed by atoms with Gasteiger partial charge in [-0.25, -0.2) is 0 Å². The number of amides is 1. The van der Waals surface area contributed by atoms with E-state index in [1.165, 1.54) is 18.1 Å². The van der Waals surface area contributed by atoms with E-state index < -0.39 is 5.97 Å². The standard InChI is InChI=1S/C13H17ClN2O3/c1-3-6-16(8-12(17)19-2)13(18)10-7-9(14)4-5-11(10)15/h4-5,7H,3,6,8,15H2,1-2H3. The second-order valence-corrected chi connectivity index (χ2v) is 4.47. The van der Waals surface area contributed by atoms with Gasteiger partial charge in [-0.1, -0.05) is 18.5 Å². The van der Waals surface area contributed by atoms with E-state index in [1.807, 2.05) is 6.92 Å². The minimum atomic E-state index is -0.470. The normalized spacial score (nSPS) is 10.1. The first-order valence-corrected chi connectivity index (χ1v) is 6.28. The molecule has 0 aliphatic rings. The molecule has 0 saturated carbocycles. The summed E-state index contributed by atoms with van der Waals surface area (Å²) in [5.41, 5.74) is 6.40. The first-order chi connectivity index (χ1) is 8.99. The molecule has 0 aliphatic carbocycles. The molecule has 0 aromatic heterocycles. The Hall–Kier alpha value is -1.75. The second-order valence-electron chi connectivity index (χ2n) is 4.03. The Kier molecular flexibility index (Phi) is 5.63. The van der Waals surface area contributed by atoms with Gasteiger partial charge >= 0.3 is 5.97 Å². The third-order valence-electron chi connectivity index (χ3n) is 2.57. The van der Waals surface area contributed by atoms with E-state index >= 15 is 0 Å². The molecule has 1 amide bonds. The molecule has 0 unspecified atom stereocenters. The molecule has 0 heterocycles. The molecule has 19 heavy (non-hydrogen) atoms. The van der Waals surface area contributed by atoms with Crippen molar-refractivity contribution in [3.05, 3.63) is 28.8 Å². The van der Waals surface area contributed by atoms with Gasteiger partial charge in [0.25, 0.3) is 5.91 Å². The summed E-state index contributed by atoms with van der Waals surface area (Å²) in [7, 11) is 1.28. The van der Waals surface area contributed by atoms with E-state index in [4.69, 9.17) is 17.3 Å². The summed E-state index contributed by atoms with van der Waals surface area (Å²) >= 11 is 5.86. The van der Waals surface area contributed by atoms with E-state index in [2.05, 4.69) is 4.74 Å². The second kappa shape index (κ2) is 6.99. The van der Waals surface area contributed by atoms with Crippen molar-refractivity contribution in [1.82, 2.24) is 4.90 Å². The average Bonchev–Trinajstić information content (AvgIpc) is 2.40. The van der Waals surface area contributed by atoms with Crippen LogP contribution in [0, 0.1) is 0 Å². The van der Waals surface area contributed by atoms with Crippen LogP contribution in [0.5, 0.6) is 0 Å². The zero-order valence-electron chi connectivity index (χ0n) is 11.0. The summed E-state index contributed by atoms with van der Waals surface area (Å²) < 4.78 is 4.58. The largest absolute Gasteiger partial charge is 0.468 e. The molecule has 0 bridgehead atoms. The molecule has 0 spiro atoms. The van der Waals surface area contributed by atoms with Gasteiger partial charge in [-0.05, 0) is 24.6 Å². The highest BCUT2D eigenvalue weighted by atomic mass is 35.5. The quantitative estimate of drug-likeness (QED) is 0.662. The number of ether oxygens (including phenoxy) is 1. The van der Waals surface area contributed by atoms with Crippen LogP contribution in [0.15, 0.2) is 18.2 Å². The van der Waals surface area contributed by atoms with Crippen molar-refractivity contribution in [3.63, 3.8) is 0 Å². The number of esters is 1. The number of carbonyl (C=O) groups excluding carboxylic acids is 2. The van der Waals surface area contributed by atoms with Crippen molar-refractivity contribution >= 4 is 29.2 Å². The fourth-order valence-corrected chi connectivity index (χ4v) is 1.80. The van der Waals surface area contributed by atoms with E-state index in [1.54, 1.807) is 12.1 Å². The molecule has 0 fully saturated rings. The third kappa shape index (κ3) is 4.13. The first-order valence-electron chi connectivity index (χ1n) is 5.90. The van der Waals surface area contributed by atoms with Gasteiger partial charge in [0.2, 0.25) is 0 Å². The van der Waals surface area contributed by atoms with Crippen LogP contribution in [0.2, 0.25) is 5.02 Å². The van der Waals surface area contributed by atoms with Crippen LogP contribution >= 0.6 is 11.6 Å². The Morgan fingerprint density at radius 2 is 2.11 bits per heavy atom. The molecule has 2 N–H and O–H groups in total. The van der Waals surface area contributed by atoms with Crippen LogP contribution in [-0.2, 0) is 9.53 Å². The Balaban J connectivity index is 2.98. The maximum atomic E-state index is 12.3. The van der Waals surface area contributed by atoms with E-state index in [0.717, 1.165) is 6.42 Å². The molecule has 0 aliphatic heterocycles. The lowest BCUT2D eigenvalue weighted by molar-refractivity contribution is -0.141. The number of nitrogens with zero attached hydrogens (tertiary/aromatic N) is 1. The molecule has 0 radical (unpaired) electrons. The summed E-state index contributed by atoms with van der Waals surface area (Å²) in [6.07, 6.45) is 0.725. The fourth-order valence-electron chi connectivity index (χ4n) is 1.63. The maximum Gasteiger partial charge on any atom is 0.325 e. The van der Waals surface area contributed by atoms with Crippen molar-refractivity contribution in [1.29, 1.82) is 0 Å². The van der Waals surface area contributed by atoms with Gasteiger partial charge in [0, 0.05) is 17.3 Å². The number of hydrogen-bond donors (Lipinski definition) is 1. The van der Waals surface area contributed by atoms with Crippen LogP contribution in [0.4, 0.5) is 5.69 Å². The average molecular weight is 285 g/mol. The van der Waals surface area contributed by atoms with Crippen LogP contribution < -0.4 is 5.73 Å². The lowest BCUT2D eigenvalue weighted by Gasteiger charge is -2.21. The molecule has 1 aromatic carbocycles. The zero-order valence-corrected chi connectivity index (χ0v) is 11.7. The van der Waals surface area contributed by atoms with Crippen molar-refractivity contribution in [2.45, 2.75) is 13.3 Å². The van der Waals surface area contributed by atoms with Gasteiger partial charge in [0.1, 0.15) is 6.54 Å². The van der Waals surface area contributed by atoms with Crippen molar-refractivity contribution < 1.29 is 14.3 Å². The molecule has 6 heteroatoms. The first kappa shape index (κ1) is 15.3. The van der Waals surface area contributed by atoms with E-state index in [9.17, 15) is 9.59 Å². The summed E-state index contributed by atoms with van der Waals surface area (Å²) in [6, 6.07) is 4.68. The van der Waals surface area contributed by atoms with Crippen molar-refractivity contribution in [2.75, 3.05) is 25.9 Å². The predicted molar refractivity (Wildman–Crippen MR) is 74.1 cm³/mol. The lowest BCUT2D eigenvalue weighted by Crippen LogP contribution is -2.37. The molecule has 104 valence electrons. The highest BCUT2D eigenvalue weighted by Crippen LogP contribution is 2.19. The SMILES string of the molecule is CCCN(CC(=O)OC)C(=O)c1cc(Cl)ccc1N. The number of benzene rings is 1. The summed E-state index contributed by atoms with van der Waals surface area (Å²) in [6.45, 7) is 2.26. The van der Waals surface area contributed by atoms with Gasteiger partial charge in [0.15, 0.2) is 0 Å². The number of rotatable bonds is 5. The Morgan fingerprint density at radius 3 is 2.68 bits per heavy atom. The molecule has 5 nitrogen and oxygen atoms in total. The molecule has 1 aromatic rings. The molecular formula is C13H17ClN2O3. The minimum absolute atomic E-state index is 0.102. The minimum Gasteiger partial charge on any atom is -0.468 e. The van der Waals surface area contributed by atoms with Crippen molar-refractivity contribution in [2.24, 2.45) is 0 Å². The van der Waals surface area contributed by atoms with Crippen LogP contribution in [0.1, 0.15) is 23.7 Å². The lowest BCUT2D eigenvalue weighted by atomic mass is 10.1. The highest BCUT2D eigenvalue weighted by Gasteiger charge is 2.20. The Bertz CT molecular complexity index is 477. The molecule has 1 rings (SSSR count). The van der Waals surface area contributed by atoms with Crippen LogP contribution in [0.3, 0.4) is 0 Å². The van der Waals surface area contributed by atoms with Gasteiger partial charge in [-0.3, -0.25) is 9.59 Å². The number of nitrogen functional groups attached to an aromatic ring is 1. The number of carbonyl (C=O) groups is 2. The van der Waals surface area contributed by atoms with E-state index in [-0.39, 0.29) is 12.5 Å². The third-order valence-corrected chi connectivity index (χ3v) is 2.81. The maximum absolute atomic E-state index is 12.3. The van der Waals surface area contributed by atoms with Gasteiger partial charge in [-0.2, -0.15) is 0 Å². The predicted octanol–water partition coefficient (Wildman–Crippen LogP) is 1.95. The van der Waals surface area contributed by atoms with Crippen LogP contribution in [-0.4, -0.2) is 37.0 Å². The summed E-state index contributed by atoms with van der Waals surface area (Å²) in [5, 5.41) is 0.423. The molecule has 0 saturated heterocycles. The Morgan fingerprint density at radius 1 is 1.42 bits per heavy atom. The monoisotopic (exact) mass is 284 g/mol. The Labute approximate surface area is 117 Å². The molecular weight excluding hydrogens is 268 g/mol. The van der Waals surface area contributed by atoms with Gasteiger partial charge in [0.05, 0.1) is 12.7 Å². The summed E-state index contributed by atoms with van der Waals surface area (Å²) in [5.74, 6) is -0.797. The molecule has 0 atom stereocenters. The smallest absolute Gasteiger partial charge is 0.325 e. The zero-order chi connectivity index (χ0) is 14.4. The van der Waals surface area contributed by atoms with Gasteiger partial charge in [-0.15, -0.1) is 0 Å². The number of halogens is 1. The number of anilines is 1. The van der Waals surface area contributed by atoms with E-state index in [0.29, 0.717) is 22.8 Å². The fraction of sp³-hybridized carbons (Fsp3) is 0.385. The van der Waals surface area contributed by atoms with Crippen LogP contribution in [0.25, 0.3) is 0 Å². The number of methoxy groups -OCH3 is 1. The number of hydrogen-bond acceptors (Lipinski definition) is 4. The van der Waals surface area contributed by atoms with Crippen molar-refractivity contribution in [3.8, 4) is 0 Å². The topological polar surface area (TPSA) is 72.6 Å². The highest BCUT2D eigenvalue weighted by molar-refractivity contribution is 6.31. The number of nitrogens with two attached hydrogens (primary N) is 1. The van der Waals surface area contributed by atoms with Gasteiger partial charge < -0.3 is 15.4 Å².